The van der Waals surface area contributed by atoms with Gasteiger partial charge in [-0.15, -0.1) is 0 Å². The third-order valence-corrected chi connectivity index (χ3v) is 4.24. The number of aryl methyl sites for hydroxylation is 1. The van der Waals surface area contributed by atoms with Crippen LogP contribution in [-0.2, 0) is 11.2 Å². The molecule has 4 nitrogen and oxygen atoms in total. The second-order valence-electron chi connectivity index (χ2n) is 5.86. The highest BCUT2D eigenvalue weighted by Crippen LogP contribution is 2.16. The predicted octanol–water partition coefficient (Wildman–Crippen LogP) is 2.18. The molecule has 2 rings (SSSR count). The van der Waals surface area contributed by atoms with Crippen LogP contribution in [0.4, 0.5) is 0 Å². The van der Waals surface area contributed by atoms with Crippen LogP contribution >= 0.6 is 0 Å². The van der Waals surface area contributed by atoms with E-state index in [0.717, 1.165) is 38.1 Å². The molecule has 1 saturated heterocycles. The van der Waals surface area contributed by atoms with E-state index in [4.69, 9.17) is 4.74 Å². The van der Waals surface area contributed by atoms with Crippen LogP contribution in [0.25, 0.3) is 0 Å². The summed E-state index contributed by atoms with van der Waals surface area (Å²) in [6.07, 6.45) is 3.11. The molecule has 116 valence electrons. The molecule has 1 aromatic rings. The maximum Gasteiger partial charge on any atom is 0.260 e. The molecule has 0 unspecified atom stereocenters. The van der Waals surface area contributed by atoms with Crippen molar-refractivity contribution >= 4 is 5.91 Å². The third kappa shape index (κ3) is 4.46. The molecular weight excluding hydrogens is 264 g/mol. The van der Waals surface area contributed by atoms with Crippen molar-refractivity contribution in [2.45, 2.75) is 32.2 Å². The number of likely N-dealkylation sites (tertiary alicyclic amines) is 1. The lowest BCUT2D eigenvalue weighted by atomic mass is 10.0. The van der Waals surface area contributed by atoms with Gasteiger partial charge < -0.3 is 14.5 Å². The fourth-order valence-electron chi connectivity index (χ4n) is 2.69. The lowest BCUT2D eigenvalue weighted by molar-refractivity contribution is -0.134. The summed E-state index contributed by atoms with van der Waals surface area (Å²) in [4.78, 5) is 16.3. The van der Waals surface area contributed by atoms with Gasteiger partial charge in [0.1, 0.15) is 5.75 Å². The Kier molecular flexibility index (Phi) is 5.62. The first-order valence-electron chi connectivity index (χ1n) is 7.76. The van der Waals surface area contributed by atoms with Gasteiger partial charge in [0, 0.05) is 19.1 Å². The van der Waals surface area contributed by atoms with E-state index in [2.05, 4.69) is 25.9 Å². The number of amides is 1. The molecule has 0 atom stereocenters. The summed E-state index contributed by atoms with van der Waals surface area (Å²) in [6.45, 7) is 3.93. The first-order chi connectivity index (χ1) is 10.1. The number of ether oxygens (including phenoxy) is 1. The Bertz CT molecular complexity index is 448. The molecule has 1 amide bonds. The molecule has 1 heterocycles. The Hall–Kier alpha value is -1.55. The SMILES string of the molecule is CCc1ccc(OCC(=O)N2CCC(N(C)C)CC2)cc1. The summed E-state index contributed by atoms with van der Waals surface area (Å²) in [6, 6.07) is 8.55. The third-order valence-electron chi connectivity index (χ3n) is 4.24. The van der Waals surface area contributed by atoms with Crippen LogP contribution in [-0.4, -0.2) is 55.5 Å². The van der Waals surface area contributed by atoms with Gasteiger partial charge in [-0.05, 0) is 51.1 Å². The van der Waals surface area contributed by atoms with E-state index >= 15 is 0 Å². The number of rotatable bonds is 5. The molecule has 1 aliphatic rings. The van der Waals surface area contributed by atoms with E-state index in [1.807, 2.05) is 29.2 Å². The first kappa shape index (κ1) is 15.8. The summed E-state index contributed by atoms with van der Waals surface area (Å²) in [5.74, 6) is 0.857. The van der Waals surface area contributed by atoms with E-state index in [1.165, 1.54) is 5.56 Å². The van der Waals surface area contributed by atoms with Crippen LogP contribution < -0.4 is 4.74 Å². The number of piperidine rings is 1. The molecule has 1 aliphatic heterocycles. The van der Waals surface area contributed by atoms with Crippen molar-refractivity contribution < 1.29 is 9.53 Å². The molecule has 21 heavy (non-hydrogen) atoms. The van der Waals surface area contributed by atoms with Crippen LogP contribution in [0.15, 0.2) is 24.3 Å². The number of hydrogen-bond donors (Lipinski definition) is 0. The Morgan fingerprint density at radius 3 is 2.38 bits per heavy atom. The molecule has 1 aromatic carbocycles. The van der Waals surface area contributed by atoms with Gasteiger partial charge in [-0.1, -0.05) is 19.1 Å². The molecular formula is C17H26N2O2. The number of hydrogen-bond acceptors (Lipinski definition) is 3. The lowest BCUT2D eigenvalue weighted by Gasteiger charge is -2.35. The first-order valence-corrected chi connectivity index (χ1v) is 7.76. The van der Waals surface area contributed by atoms with Gasteiger partial charge in [-0.3, -0.25) is 4.79 Å². The molecule has 0 N–H and O–H groups in total. The quantitative estimate of drug-likeness (QED) is 0.833. The fourth-order valence-corrected chi connectivity index (χ4v) is 2.69. The predicted molar refractivity (Wildman–Crippen MR) is 84.6 cm³/mol. The molecule has 1 fully saturated rings. The van der Waals surface area contributed by atoms with Gasteiger partial charge in [0.15, 0.2) is 6.61 Å². The minimum Gasteiger partial charge on any atom is -0.484 e. The average molecular weight is 290 g/mol. The van der Waals surface area contributed by atoms with Crippen LogP contribution in [0, 0.1) is 0 Å². The molecule has 0 bridgehead atoms. The molecule has 4 heteroatoms. The van der Waals surface area contributed by atoms with Crippen molar-refractivity contribution in [1.29, 1.82) is 0 Å². The largest absolute Gasteiger partial charge is 0.484 e. The molecule has 0 spiro atoms. The van der Waals surface area contributed by atoms with E-state index < -0.39 is 0 Å². The Morgan fingerprint density at radius 1 is 1.24 bits per heavy atom. The van der Waals surface area contributed by atoms with Gasteiger partial charge >= 0.3 is 0 Å². The summed E-state index contributed by atoms with van der Waals surface area (Å²) >= 11 is 0. The lowest BCUT2D eigenvalue weighted by Crippen LogP contribution is -2.45. The topological polar surface area (TPSA) is 32.8 Å². The van der Waals surface area contributed by atoms with Gasteiger partial charge in [-0.2, -0.15) is 0 Å². The summed E-state index contributed by atoms with van der Waals surface area (Å²) < 4.78 is 5.59. The number of nitrogens with zero attached hydrogens (tertiary/aromatic N) is 2. The second-order valence-corrected chi connectivity index (χ2v) is 5.86. The summed E-state index contributed by atoms with van der Waals surface area (Å²) in [5.41, 5.74) is 1.28. The summed E-state index contributed by atoms with van der Waals surface area (Å²) in [7, 11) is 4.20. The van der Waals surface area contributed by atoms with Crippen LogP contribution in [0.5, 0.6) is 5.75 Å². The minimum absolute atomic E-state index is 0.0896. The van der Waals surface area contributed by atoms with Crippen molar-refractivity contribution in [1.82, 2.24) is 9.80 Å². The van der Waals surface area contributed by atoms with Crippen molar-refractivity contribution in [2.75, 3.05) is 33.8 Å². The highest BCUT2D eigenvalue weighted by atomic mass is 16.5. The monoisotopic (exact) mass is 290 g/mol. The Morgan fingerprint density at radius 2 is 1.86 bits per heavy atom. The van der Waals surface area contributed by atoms with Crippen molar-refractivity contribution in [3.63, 3.8) is 0 Å². The summed E-state index contributed by atoms with van der Waals surface area (Å²) in [5, 5.41) is 0. The maximum atomic E-state index is 12.2. The maximum absolute atomic E-state index is 12.2. The van der Waals surface area contributed by atoms with Crippen molar-refractivity contribution in [3.8, 4) is 5.75 Å². The number of carbonyl (C=O) groups excluding carboxylic acids is 1. The average Bonchev–Trinajstić information content (AvgIpc) is 2.53. The molecule has 0 radical (unpaired) electrons. The van der Waals surface area contributed by atoms with Gasteiger partial charge in [0.25, 0.3) is 5.91 Å². The molecule has 0 aromatic heterocycles. The highest BCUT2D eigenvalue weighted by molar-refractivity contribution is 5.77. The second kappa shape index (κ2) is 7.46. The zero-order valence-electron chi connectivity index (χ0n) is 13.3. The smallest absolute Gasteiger partial charge is 0.260 e. The zero-order chi connectivity index (χ0) is 15.2. The highest BCUT2D eigenvalue weighted by Gasteiger charge is 2.23. The van der Waals surface area contributed by atoms with Crippen LogP contribution in [0.2, 0.25) is 0 Å². The normalized spacial score (nSPS) is 16.3. The zero-order valence-corrected chi connectivity index (χ0v) is 13.3. The van der Waals surface area contributed by atoms with E-state index in [0.29, 0.717) is 6.04 Å². The van der Waals surface area contributed by atoms with Crippen LogP contribution in [0.3, 0.4) is 0 Å². The Labute approximate surface area is 127 Å². The van der Waals surface area contributed by atoms with Gasteiger partial charge in [-0.25, -0.2) is 0 Å². The van der Waals surface area contributed by atoms with Gasteiger partial charge in [0.2, 0.25) is 0 Å². The van der Waals surface area contributed by atoms with E-state index in [1.54, 1.807) is 0 Å². The Balaban J connectivity index is 1.77. The van der Waals surface area contributed by atoms with Crippen molar-refractivity contribution in [3.05, 3.63) is 29.8 Å². The fraction of sp³-hybridized carbons (Fsp3) is 0.588. The van der Waals surface area contributed by atoms with Gasteiger partial charge in [0.05, 0.1) is 0 Å². The van der Waals surface area contributed by atoms with Crippen LogP contribution in [0.1, 0.15) is 25.3 Å². The molecule has 0 saturated carbocycles. The van der Waals surface area contributed by atoms with E-state index in [-0.39, 0.29) is 12.5 Å². The standard InChI is InChI=1S/C17H26N2O2/c1-4-14-5-7-16(8-6-14)21-13-17(20)19-11-9-15(10-12-19)18(2)3/h5-8,15H,4,9-13H2,1-3H3. The minimum atomic E-state index is 0.0896. The van der Waals surface area contributed by atoms with E-state index in [9.17, 15) is 4.79 Å². The number of benzene rings is 1. The molecule has 0 aliphatic carbocycles. The number of carbonyl (C=O) groups is 1. The van der Waals surface area contributed by atoms with Crippen molar-refractivity contribution in [2.24, 2.45) is 0 Å².